The van der Waals surface area contributed by atoms with Crippen LogP contribution >= 0.6 is 0 Å². The highest BCUT2D eigenvalue weighted by Crippen LogP contribution is 2.39. The molecular weight excluding hydrogens is 250 g/mol. The van der Waals surface area contributed by atoms with Crippen LogP contribution in [0, 0.1) is 0 Å². The summed E-state index contributed by atoms with van der Waals surface area (Å²) >= 11 is 0. The molecule has 3 aromatic rings. The minimum absolute atomic E-state index is 0.0746. The SMILES string of the molecule is Oc1cc(N=Cc2ccccc2)c(O)c2ccccc12. The minimum atomic E-state index is 0.0746. The number of phenolic OH excluding ortho intramolecular Hbond substituents is 2. The number of rotatable bonds is 2. The Morgan fingerprint density at radius 2 is 1.45 bits per heavy atom. The predicted octanol–water partition coefficient (Wildman–Crippen LogP) is 4.00. The van der Waals surface area contributed by atoms with Gasteiger partial charge in [-0.15, -0.1) is 0 Å². The van der Waals surface area contributed by atoms with Gasteiger partial charge in [-0.25, -0.2) is 0 Å². The van der Waals surface area contributed by atoms with Gasteiger partial charge in [0, 0.05) is 23.1 Å². The summed E-state index contributed by atoms with van der Waals surface area (Å²) in [6.45, 7) is 0. The molecule has 0 radical (unpaired) electrons. The molecule has 98 valence electrons. The van der Waals surface area contributed by atoms with Gasteiger partial charge in [0.2, 0.25) is 0 Å². The fourth-order valence-electron chi connectivity index (χ4n) is 2.11. The van der Waals surface area contributed by atoms with Crippen LogP contribution in [0.25, 0.3) is 10.8 Å². The van der Waals surface area contributed by atoms with Crippen molar-refractivity contribution < 1.29 is 10.2 Å². The topological polar surface area (TPSA) is 52.8 Å². The maximum Gasteiger partial charge on any atom is 0.149 e. The summed E-state index contributed by atoms with van der Waals surface area (Å²) in [6, 6.07) is 18.2. The van der Waals surface area contributed by atoms with E-state index in [1.54, 1.807) is 18.3 Å². The lowest BCUT2D eigenvalue weighted by atomic mass is 10.1. The van der Waals surface area contributed by atoms with Crippen molar-refractivity contribution in [1.82, 2.24) is 0 Å². The van der Waals surface area contributed by atoms with E-state index in [0.717, 1.165) is 5.56 Å². The first-order chi connectivity index (χ1) is 9.75. The average Bonchev–Trinajstić information content (AvgIpc) is 2.50. The molecule has 0 saturated heterocycles. The van der Waals surface area contributed by atoms with Gasteiger partial charge in [0.1, 0.15) is 17.2 Å². The summed E-state index contributed by atoms with van der Waals surface area (Å²) < 4.78 is 0. The molecule has 0 unspecified atom stereocenters. The molecule has 0 atom stereocenters. The van der Waals surface area contributed by atoms with Crippen molar-refractivity contribution in [2.45, 2.75) is 0 Å². The van der Waals surface area contributed by atoms with E-state index in [4.69, 9.17) is 0 Å². The monoisotopic (exact) mass is 263 g/mol. The van der Waals surface area contributed by atoms with Gasteiger partial charge >= 0.3 is 0 Å². The lowest BCUT2D eigenvalue weighted by molar-refractivity contribution is 0.471. The van der Waals surface area contributed by atoms with Crippen LogP contribution in [-0.2, 0) is 0 Å². The standard InChI is InChI=1S/C17H13NO2/c19-16-10-15(18-11-12-6-2-1-3-7-12)17(20)14-9-5-4-8-13(14)16/h1-11,19-20H. The third-order valence-electron chi connectivity index (χ3n) is 3.13. The quantitative estimate of drug-likeness (QED) is 0.542. The lowest BCUT2D eigenvalue weighted by Gasteiger charge is -2.06. The molecule has 3 rings (SSSR count). The molecule has 0 spiro atoms. The van der Waals surface area contributed by atoms with Crippen LogP contribution in [0.3, 0.4) is 0 Å². The Hall–Kier alpha value is -2.81. The van der Waals surface area contributed by atoms with E-state index in [1.807, 2.05) is 42.5 Å². The molecular formula is C17H13NO2. The number of fused-ring (bicyclic) bond motifs is 1. The number of aliphatic imine (C=N–C) groups is 1. The Labute approximate surface area is 116 Å². The van der Waals surface area contributed by atoms with Crippen LogP contribution in [0.15, 0.2) is 65.7 Å². The van der Waals surface area contributed by atoms with Crippen molar-refractivity contribution in [1.29, 1.82) is 0 Å². The van der Waals surface area contributed by atoms with Crippen molar-refractivity contribution in [3.63, 3.8) is 0 Å². The largest absolute Gasteiger partial charge is 0.507 e. The number of benzene rings is 3. The number of hydrogen-bond donors (Lipinski definition) is 2. The van der Waals surface area contributed by atoms with Gasteiger partial charge in [-0.3, -0.25) is 4.99 Å². The Bertz CT molecular complexity index is 780. The highest BCUT2D eigenvalue weighted by molar-refractivity contribution is 5.98. The second kappa shape index (κ2) is 5.05. The molecule has 0 aliphatic carbocycles. The number of phenols is 2. The van der Waals surface area contributed by atoms with Gasteiger partial charge in [-0.2, -0.15) is 0 Å². The fraction of sp³-hybridized carbons (Fsp3) is 0. The van der Waals surface area contributed by atoms with E-state index in [1.165, 1.54) is 6.07 Å². The highest BCUT2D eigenvalue weighted by Gasteiger charge is 2.09. The molecule has 0 fully saturated rings. The second-order valence-corrected chi connectivity index (χ2v) is 4.48. The van der Waals surface area contributed by atoms with E-state index in [9.17, 15) is 10.2 Å². The van der Waals surface area contributed by atoms with Gasteiger partial charge in [-0.1, -0.05) is 54.6 Å². The van der Waals surface area contributed by atoms with Crippen molar-refractivity contribution in [3.8, 4) is 11.5 Å². The summed E-state index contributed by atoms with van der Waals surface area (Å²) in [7, 11) is 0. The maximum absolute atomic E-state index is 10.2. The van der Waals surface area contributed by atoms with E-state index in [-0.39, 0.29) is 11.5 Å². The number of aromatic hydroxyl groups is 2. The Kier molecular flexibility index (Phi) is 3.09. The number of nitrogens with zero attached hydrogens (tertiary/aromatic N) is 1. The van der Waals surface area contributed by atoms with Crippen LogP contribution in [0.2, 0.25) is 0 Å². The first-order valence-electron chi connectivity index (χ1n) is 6.28. The third kappa shape index (κ3) is 2.21. The minimum Gasteiger partial charge on any atom is -0.507 e. The molecule has 3 heteroatoms. The Morgan fingerprint density at radius 3 is 2.20 bits per heavy atom. The molecule has 0 saturated carbocycles. The molecule has 3 nitrogen and oxygen atoms in total. The second-order valence-electron chi connectivity index (χ2n) is 4.48. The Morgan fingerprint density at radius 1 is 0.800 bits per heavy atom. The van der Waals surface area contributed by atoms with Gasteiger partial charge in [0.05, 0.1) is 0 Å². The van der Waals surface area contributed by atoms with Crippen molar-refractivity contribution in [2.24, 2.45) is 4.99 Å². The zero-order valence-electron chi connectivity index (χ0n) is 10.7. The van der Waals surface area contributed by atoms with Crippen LogP contribution in [0.1, 0.15) is 5.56 Å². The lowest BCUT2D eigenvalue weighted by Crippen LogP contribution is -1.80. The molecule has 0 aromatic heterocycles. The van der Waals surface area contributed by atoms with Crippen LogP contribution in [-0.4, -0.2) is 16.4 Å². The summed E-state index contributed by atoms with van der Waals surface area (Å²) in [4.78, 5) is 4.25. The van der Waals surface area contributed by atoms with E-state index in [2.05, 4.69) is 4.99 Å². The van der Waals surface area contributed by atoms with Crippen molar-refractivity contribution in [3.05, 3.63) is 66.2 Å². The van der Waals surface area contributed by atoms with Gasteiger partial charge in [-0.05, 0) is 5.56 Å². The zero-order chi connectivity index (χ0) is 13.9. The van der Waals surface area contributed by atoms with Crippen LogP contribution < -0.4 is 0 Å². The van der Waals surface area contributed by atoms with E-state index >= 15 is 0 Å². The summed E-state index contributed by atoms with van der Waals surface area (Å²) in [5.41, 5.74) is 1.28. The summed E-state index contributed by atoms with van der Waals surface area (Å²) in [6.07, 6.45) is 1.66. The van der Waals surface area contributed by atoms with Gasteiger partial charge < -0.3 is 10.2 Å². The van der Waals surface area contributed by atoms with Gasteiger partial charge in [0.15, 0.2) is 0 Å². The smallest absolute Gasteiger partial charge is 0.149 e. The maximum atomic E-state index is 10.2. The van der Waals surface area contributed by atoms with E-state index < -0.39 is 0 Å². The van der Waals surface area contributed by atoms with Crippen molar-refractivity contribution in [2.75, 3.05) is 0 Å². The first-order valence-corrected chi connectivity index (χ1v) is 6.28. The molecule has 0 aliphatic rings. The summed E-state index contributed by atoms with van der Waals surface area (Å²) in [5, 5.41) is 21.4. The first kappa shape index (κ1) is 12.2. The van der Waals surface area contributed by atoms with Crippen LogP contribution in [0.4, 0.5) is 5.69 Å². The predicted molar refractivity (Wildman–Crippen MR) is 81.0 cm³/mol. The molecule has 2 N–H and O–H groups in total. The number of hydrogen-bond acceptors (Lipinski definition) is 3. The van der Waals surface area contributed by atoms with Crippen LogP contribution in [0.5, 0.6) is 11.5 Å². The molecule has 0 aliphatic heterocycles. The average molecular weight is 263 g/mol. The molecule has 0 heterocycles. The highest BCUT2D eigenvalue weighted by atomic mass is 16.3. The molecule has 0 amide bonds. The summed E-state index contributed by atoms with van der Waals surface area (Å²) in [5.74, 6) is 0.184. The molecule has 3 aromatic carbocycles. The third-order valence-corrected chi connectivity index (χ3v) is 3.13. The fourth-order valence-corrected chi connectivity index (χ4v) is 2.11. The Balaban J connectivity index is 2.09. The normalized spacial score (nSPS) is 11.2. The van der Waals surface area contributed by atoms with E-state index in [0.29, 0.717) is 16.5 Å². The molecule has 0 bridgehead atoms. The van der Waals surface area contributed by atoms with Gasteiger partial charge in [0.25, 0.3) is 0 Å². The van der Waals surface area contributed by atoms with Crippen molar-refractivity contribution >= 4 is 22.7 Å². The molecule has 20 heavy (non-hydrogen) atoms. The zero-order valence-corrected chi connectivity index (χ0v) is 10.7.